The van der Waals surface area contributed by atoms with Crippen LogP contribution in [0.4, 0.5) is 5.69 Å². The van der Waals surface area contributed by atoms with E-state index < -0.39 is 6.10 Å². The zero-order valence-electron chi connectivity index (χ0n) is 15.3. The molecule has 1 amide bonds. The van der Waals surface area contributed by atoms with Crippen molar-refractivity contribution in [3.05, 3.63) is 57.5 Å². The number of hydrogen-bond donors (Lipinski definition) is 1. The van der Waals surface area contributed by atoms with Crippen molar-refractivity contribution in [2.75, 3.05) is 25.1 Å². The molecule has 1 atom stereocenters. The van der Waals surface area contributed by atoms with Crippen molar-refractivity contribution in [2.45, 2.75) is 26.6 Å². The van der Waals surface area contributed by atoms with E-state index in [9.17, 15) is 4.79 Å². The van der Waals surface area contributed by atoms with E-state index in [1.165, 1.54) is 0 Å². The molecule has 0 fully saturated rings. The van der Waals surface area contributed by atoms with E-state index in [-0.39, 0.29) is 5.91 Å². The Labute approximate surface area is 173 Å². The predicted molar refractivity (Wildman–Crippen MR) is 110 cm³/mol. The summed E-state index contributed by atoms with van der Waals surface area (Å²) in [6.07, 6.45) is -0.673. The van der Waals surface area contributed by atoms with Crippen molar-refractivity contribution in [3.8, 4) is 5.75 Å². The molecular formula is C20H23BrClNO4. The Hall–Kier alpha value is -1.60. The number of rotatable bonds is 10. The molecule has 2 aromatic carbocycles. The zero-order valence-corrected chi connectivity index (χ0v) is 17.7. The van der Waals surface area contributed by atoms with Gasteiger partial charge in [0.05, 0.1) is 24.3 Å². The number of carbonyl (C=O) groups is 1. The number of ether oxygens (including phenoxy) is 3. The summed E-state index contributed by atoms with van der Waals surface area (Å²) < 4.78 is 17.2. The third-order valence-electron chi connectivity index (χ3n) is 3.61. The molecule has 1 N–H and O–H groups in total. The van der Waals surface area contributed by atoms with E-state index >= 15 is 0 Å². The van der Waals surface area contributed by atoms with Crippen LogP contribution in [0.25, 0.3) is 0 Å². The largest absolute Gasteiger partial charge is 0.480 e. The molecule has 7 heteroatoms. The molecule has 0 spiro atoms. The minimum Gasteiger partial charge on any atom is -0.480 e. The summed E-state index contributed by atoms with van der Waals surface area (Å²) in [6, 6.07) is 12.7. The van der Waals surface area contributed by atoms with Gasteiger partial charge in [-0.15, -0.1) is 0 Å². The minimum atomic E-state index is -0.673. The van der Waals surface area contributed by atoms with Crippen LogP contribution in [0.15, 0.2) is 46.9 Å². The van der Waals surface area contributed by atoms with E-state index in [4.69, 9.17) is 25.8 Å². The normalized spacial score (nSPS) is 11.9. The van der Waals surface area contributed by atoms with Crippen molar-refractivity contribution in [1.29, 1.82) is 0 Å². The molecule has 0 aliphatic carbocycles. The van der Waals surface area contributed by atoms with E-state index in [1.54, 1.807) is 25.1 Å². The maximum Gasteiger partial charge on any atom is 0.265 e. The van der Waals surface area contributed by atoms with Crippen LogP contribution in [0.2, 0.25) is 5.02 Å². The van der Waals surface area contributed by atoms with Crippen LogP contribution < -0.4 is 10.1 Å². The van der Waals surface area contributed by atoms with Crippen LogP contribution in [-0.4, -0.2) is 31.8 Å². The molecule has 0 saturated carbocycles. The fourth-order valence-corrected chi connectivity index (χ4v) is 3.03. The summed E-state index contributed by atoms with van der Waals surface area (Å²) in [7, 11) is 0. The molecule has 0 aliphatic heterocycles. The van der Waals surface area contributed by atoms with Gasteiger partial charge in [-0.3, -0.25) is 4.79 Å². The van der Waals surface area contributed by atoms with Crippen molar-refractivity contribution in [3.63, 3.8) is 0 Å². The highest BCUT2D eigenvalue weighted by Crippen LogP contribution is 2.28. The Kier molecular flexibility index (Phi) is 9.07. The average molecular weight is 457 g/mol. The lowest BCUT2D eigenvalue weighted by molar-refractivity contribution is -0.122. The van der Waals surface area contributed by atoms with Gasteiger partial charge in [0, 0.05) is 17.3 Å². The fraction of sp³-hybridized carbons (Fsp3) is 0.350. The molecule has 2 rings (SSSR count). The first-order chi connectivity index (χ1) is 13.0. The van der Waals surface area contributed by atoms with Gasteiger partial charge in [-0.25, -0.2) is 0 Å². The first kappa shape index (κ1) is 21.7. The van der Waals surface area contributed by atoms with Crippen molar-refractivity contribution in [1.82, 2.24) is 0 Å². The van der Waals surface area contributed by atoms with Gasteiger partial charge in [-0.05, 0) is 65.7 Å². The molecule has 0 saturated heterocycles. The Balaban J connectivity index is 1.87. The molecule has 2 aromatic rings. The number of benzene rings is 2. The lowest BCUT2D eigenvalue weighted by Gasteiger charge is -2.16. The van der Waals surface area contributed by atoms with E-state index in [2.05, 4.69) is 21.2 Å². The summed E-state index contributed by atoms with van der Waals surface area (Å²) >= 11 is 9.29. The summed E-state index contributed by atoms with van der Waals surface area (Å²) in [5.74, 6) is 0.310. The SMILES string of the molecule is CCOCCOCc1cccc(NC(=O)C(C)Oc2ccc(Cl)cc2Br)c1. The van der Waals surface area contributed by atoms with Gasteiger partial charge in [-0.2, -0.15) is 0 Å². The van der Waals surface area contributed by atoms with Crippen LogP contribution >= 0.6 is 27.5 Å². The molecule has 0 aromatic heterocycles. The second kappa shape index (κ2) is 11.3. The van der Waals surface area contributed by atoms with Crippen molar-refractivity contribution in [2.24, 2.45) is 0 Å². The first-order valence-electron chi connectivity index (χ1n) is 8.66. The van der Waals surface area contributed by atoms with Gasteiger partial charge >= 0.3 is 0 Å². The summed E-state index contributed by atoms with van der Waals surface area (Å²) in [5, 5.41) is 3.45. The van der Waals surface area contributed by atoms with Gasteiger partial charge in [0.15, 0.2) is 6.10 Å². The van der Waals surface area contributed by atoms with Gasteiger partial charge < -0.3 is 19.5 Å². The van der Waals surface area contributed by atoms with Gasteiger partial charge in [0.25, 0.3) is 5.91 Å². The summed E-state index contributed by atoms with van der Waals surface area (Å²) in [6.45, 7) is 5.88. The number of anilines is 1. The predicted octanol–water partition coefficient (Wildman–Crippen LogP) is 5.06. The van der Waals surface area contributed by atoms with Crippen LogP contribution in [0.5, 0.6) is 5.75 Å². The van der Waals surface area contributed by atoms with E-state index in [1.807, 2.05) is 31.2 Å². The molecule has 0 aliphatic rings. The van der Waals surface area contributed by atoms with Gasteiger partial charge in [0.1, 0.15) is 5.75 Å². The number of halogens is 2. The molecule has 0 heterocycles. The number of amides is 1. The second-order valence-corrected chi connectivity index (χ2v) is 7.06. The highest BCUT2D eigenvalue weighted by molar-refractivity contribution is 9.10. The molecule has 0 radical (unpaired) electrons. The smallest absolute Gasteiger partial charge is 0.265 e. The van der Waals surface area contributed by atoms with E-state index in [0.717, 1.165) is 5.56 Å². The Morgan fingerprint density at radius 3 is 2.70 bits per heavy atom. The highest BCUT2D eigenvalue weighted by atomic mass is 79.9. The second-order valence-electron chi connectivity index (χ2n) is 5.77. The Morgan fingerprint density at radius 1 is 1.19 bits per heavy atom. The minimum absolute atomic E-state index is 0.244. The summed E-state index contributed by atoms with van der Waals surface area (Å²) in [4.78, 5) is 12.4. The molecular weight excluding hydrogens is 434 g/mol. The average Bonchev–Trinajstić information content (AvgIpc) is 2.64. The summed E-state index contributed by atoms with van der Waals surface area (Å²) in [5.41, 5.74) is 1.66. The fourth-order valence-electron chi connectivity index (χ4n) is 2.25. The van der Waals surface area contributed by atoms with E-state index in [0.29, 0.717) is 47.4 Å². The zero-order chi connectivity index (χ0) is 19.6. The molecule has 27 heavy (non-hydrogen) atoms. The molecule has 146 valence electrons. The standard InChI is InChI=1S/C20H23BrClNO4/c1-3-25-9-10-26-13-15-5-4-6-17(11-15)23-20(24)14(2)27-19-8-7-16(22)12-18(19)21/h4-8,11-12,14H,3,9-10,13H2,1-2H3,(H,23,24). The molecule has 1 unspecified atom stereocenters. The first-order valence-corrected chi connectivity index (χ1v) is 9.83. The third-order valence-corrected chi connectivity index (χ3v) is 4.46. The van der Waals surface area contributed by atoms with Crippen LogP contribution in [0.1, 0.15) is 19.4 Å². The Bertz CT molecular complexity index is 757. The maximum absolute atomic E-state index is 12.4. The van der Waals surface area contributed by atoms with Gasteiger partial charge in [0.2, 0.25) is 0 Å². The topological polar surface area (TPSA) is 56.8 Å². The van der Waals surface area contributed by atoms with Crippen molar-refractivity contribution >= 4 is 39.1 Å². The highest BCUT2D eigenvalue weighted by Gasteiger charge is 2.16. The quantitative estimate of drug-likeness (QED) is 0.508. The van der Waals surface area contributed by atoms with Crippen molar-refractivity contribution < 1.29 is 19.0 Å². The number of nitrogens with one attached hydrogen (secondary N) is 1. The van der Waals surface area contributed by atoms with Crippen LogP contribution in [-0.2, 0) is 20.9 Å². The number of hydrogen-bond acceptors (Lipinski definition) is 4. The van der Waals surface area contributed by atoms with Crippen LogP contribution in [0, 0.1) is 0 Å². The van der Waals surface area contributed by atoms with Crippen LogP contribution in [0.3, 0.4) is 0 Å². The third kappa shape index (κ3) is 7.50. The monoisotopic (exact) mass is 455 g/mol. The molecule has 5 nitrogen and oxygen atoms in total. The maximum atomic E-state index is 12.4. The Morgan fingerprint density at radius 2 is 1.96 bits per heavy atom. The number of carbonyl (C=O) groups excluding carboxylic acids is 1. The van der Waals surface area contributed by atoms with Gasteiger partial charge in [-0.1, -0.05) is 23.7 Å². The molecule has 0 bridgehead atoms. The lowest BCUT2D eigenvalue weighted by Crippen LogP contribution is -2.30. The lowest BCUT2D eigenvalue weighted by atomic mass is 10.2.